The molecule has 0 atom stereocenters. The molecule has 1 amide bonds. The number of carbonyl (C=O) groups excluding carboxylic acids is 1. The van der Waals surface area contributed by atoms with Crippen molar-refractivity contribution < 1.29 is 19.0 Å². The van der Waals surface area contributed by atoms with Crippen molar-refractivity contribution in [3.63, 3.8) is 0 Å². The Balaban J connectivity index is 1.32. The number of piperidine rings is 1. The van der Waals surface area contributed by atoms with Crippen molar-refractivity contribution in [1.82, 2.24) is 4.98 Å². The second-order valence-electron chi connectivity index (χ2n) is 7.12. The Hall–Kier alpha value is -2.84. The molecule has 2 aromatic carbocycles. The van der Waals surface area contributed by atoms with E-state index in [-0.39, 0.29) is 12.7 Å². The van der Waals surface area contributed by atoms with E-state index in [0.29, 0.717) is 28.9 Å². The molecule has 2 aliphatic rings. The molecule has 0 spiro atoms. The number of nitrogens with zero attached hydrogens (tertiary/aromatic N) is 2. The molecule has 1 saturated heterocycles. The van der Waals surface area contributed by atoms with Gasteiger partial charge in [-0.3, -0.25) is 4.79 Å². The van der Waals surface area contributed by atoms with Crippen LogP contribution in [-0.4, -0.2) is 44.0 Å². The van der Waals surface area contributed by atoms with Gasteiger partial charge >= 0.3 is 0 Å². The van der Waals surface area contributed by atoms with Gasteiger partial charge in [-0.25, -0.2) is 4.98 Å². The Kier molecular flexibility index (Phi) is 4.73. The zero-order chi connectivity index (χ0) is 19.8. The lowest BCUT2D eigenvalue weighted by atomic mass is 10.1. The molecule has 8 heteroatoms. The Morgan fingerprint density at radius 3 is 2.83 bits per heavy atom. The van der Waals surface area contributed by atoms with E-state index in [1.807, 2.05) is 18.2 Å². The van der Waals surface area contributed by atoms with Crippen LogP contribution in [0.1, 0.15) is 23.2 Å². The molecule has 0 bridgehead atoms. The zero-order valence-electron chi connectivity index (χ0n) is 16.0. The van der Waals surface area contributed by atoms with E-state index < -0.39 is 0 Å². The SMILES string of the molecule is COC1CCN(c2nc3cc(C(=O)Nc4ccc5c(c4)OCO5)ccc3s2)CC1. The number of carbonyl (C=O) groups is 1. The number of rotatable bonds is 4. The molecule has 3 heterocycles. The molecule has 0 unspecified atom stereocenters. The molecule has 3 aromatic rings. The Labute approximate surface area is 172 Å². The fourth-order valence-corrected chi connectivity index (χ4v) is 4.65. The smallest absolute Gasteiger partial charge is 0.255 e. The standard InChI is InChI=1S/C21H21N3O4S/c1-26-15-6-8-24(9-7-15)21-23-16-10-13(2-5-19(16)29-21)20(25)22-14-3-4-17-18(11-14)28-12-27-17/h2-5,10-11,15H,6-9,12H2,1H3,(H,22,25). The third-order valence-electron chi connectivity index (χ3n) is 5.31. The maximum Gasteiger partial charge on any atom is 0.255 e. The summed E-state index contributed by atoms with van der Waals surface area (Å²) in [4.78, 5) is 19.8. The first-order valence-corrected chi connectivity index (χ1v) is 10.4. The predicted molar refractivity (Wildman–Crippen MR) is 112 cm³/mol. The van der Waals surface area contributed by atoms with Crippen LogP contribution in [0.5, 0.6) is 11.5 Å². The van der Waals surface area contributed by atoms with E-state index in [9.17, 15) is 4.79 Å². The van der Waals surface area contributed by atoms with Gasteiger partial charge in [0, 0.05) is 37.5 Å². The second-order valence-corrected chi connectivity index (χ2v) is 8.13. The lowest BCUT2D eigenvalue weighted by Gasteiger charge is -2.30. The van der Waals surface area contributed by atoms with Crippen LogP contribution >= 0.6 is 11.3 Å². The van der Waals surface area contributed by atoms with Gasteiger partial charge in [0.25, 0.3) is 5.91 Å². The average molecular weight is 411 g/mol. The number of hydrogen-bond acceptors (Lipinski definition) is 7. The topological polar surface area (TPSA) is 72.9 Å². The first-order chi connectivity index (χ1) is 14.2. The van der Waals surface area contributed by atoms with E-state index in [2.05, 4.69) is 10.2 Å². The van der Waals surface area contributed by atoms with Gasteiger partial charge in [-0.05, 0) is 43.2 Å². The number of amides is 1. The van der Waals surface area contributed by atoms with Gasteiger partial charge in [0.2, 0.25) is 6.79 Å². The van der Waals surface area contributed by atoms with E-state index in [1.165, 1.54) is 0 Å². The van der Waals surface area contributed by atoms with Crippen LogP contribution < -0.4 is 19.7 Å². The predicted octanol–water partition coefficient (Wildman–Crippen LogP) is 3.89. The number of hydrogen-bond donors (Lipinski definition) is 1. The fraction of sp³-hybridized carbons (Fsp3) is 0.333. The van der Waals surface area contributed by atoms with Crippen LogP contribution in [0.15, 0.2) is 36.4 Å². The van der Waals surface area contributed by atoms with Crippen LogP contribution in [-0.2, 0) is 4.74 Å². The van der Waals surface area contributed by atoms with Crippen LogP contribution in [0.2, 0.25) is 0 Å². The maximum atomic E-state index is 12.7. The number of aromatic nitrogens is 1. The first-order valence-electron chi connectivity index (χ1n) is 9.59. The summed E-state index contributed by atoms with van der Waals surface area (Å²) < 4.78 is 17.2. The van der Waals surface area contributed by atoms with Gasteiger partial charge in [0.15, 0.2) is 16.6 Å². The monoisotopic (exact) mass is 411 g/mol. The maximum absolute atomic E-state index is 12.7. The molecule has 29 heavy (non-hydrogen) atoms. The Morgan fingerprint density at radius 2 is 2.00 bits per heavy atom. The molecule has 0 saturated carbocycles. The molecule has 7 nitrogen and oxygen atoms in total. The molecule has 0 aliphatic carbocycles. The van der Waals surface area contributed by atoms with Crippen LogP contribution in [0, 0.1) is 0 Å². The minimum absolute atomic E-state index is 0.179. The number of methoxy groups -OCH3 is 1. The van der Waals surface area contributed by atoms with Gasteiger partial charge in [-0.2, -0.15) is 0 Å². The third kappa shape index (κ3) is 3.61. The molecule has 1 N–H and O–H groups in total. The Morgan fingerprint density at radius 1 is 1.17 bits per heavy atom. The molecular weight excluding hydrogens is 390 g/mol. The van der Waals surface area contributed by atoms with Crippen LogP contribution in [0.4, 0.5) is 10.8 Å². The zero-order valence-corrected chi connectivity index (χ0v) is 16.8. The summed E-state index contributed by atoms with van der Waals surface area (Å²) >= 11 is 1.66. The minimum Gasteiger partial charge on any atom is -0.454 e. The molecule has 1 fully saturated rings. The van der Waals surface area contributed by atoms with Crippen molar-refractivity contribution in [2.75, 3.05) is 37.2 Å². The summed E-state index contributed by atoms with van der Waals surface area (Å²) in [5.74, 6) is 1.15. The molecular formula is C21H21N3O4S. The van der Waals surface area contributed by atoms with E-state index in [0.717, 1.165) is 41.3 Å². The summed E-state index contributed by atoms with van der Waals surface area (Å²) in [7, 11) is 1.77. The average Bonchev–Trinajstić information content (AvgIpc) is 3.39. The lowest BCUT2D eigenvalue weighted by molar-refractivity contribution is 0.0819. The summed E-state index contributed by atoms with van der Waals surface area (Å²) in [6.45, 7) is 2.09. The van der Waals surface area contributed by atoms with Crippen molar-refractivity contribution in [1.29, 1.82) is 0 Å². The highest BCUT2D eigenvalue weighted by Crippen LogP contribution is 2.35. The van der Waals surface area contributed by atoms with E-state index >= 15 is 0 Å². The van der Waals surface area contributed by atoms with Crippen LogP contribution in [0.3, 0.4) is 0 Å². The number of nitrogens with one attached hydrogen (secondary N) is 1. The van der Waals surface area contributed by atoms with E-state index in [4.69, 9.17) is 19.2 Å². The van der Waals surface area contributed by atoms with Crippen molar-refractivity contribution in [2.24, 2.45) is 0 Å². The summed E-state index contributed by atoms with van der Waals surface area (Å²) in [6, 6.07) is 11.0. The van der Waals surface area contributed by atoms with Gasteiger partial charge in [0.1, 0.15) is 0 Å². The summed E-state index contributed by atoms with van der Waals surface area (Å²) in [5.41, 5.74) is 2.08. The first kappa shape index (κ1) is 18.2. The number of fused-ring (bicyclic) bond motifs is 2. The van der Waals surface area contributed by atoms with Crippen molar-refractivity contribution in [3.05, 3.63) is 42.0 Å². The highest BCUT2D eigenvalue weighted by atomic mass is 32.1. The number of benzene rings is 2. The number of thiazole rings is 1. The van der Waals surface area contributed by atoms with E-state index in [1.54, 1.807) is 36.6 Å². The highest BCUT2D eigenvalue weighted by molar-refractivity contribution is 7.22. The fourth-order valence-electron chi connectivity index (χ4n) is 3.65. The van der Waals surface area contributed by atoms with Crippen molar-refractivity contribution in [3.8, 4) is 11.5 Å². The summed E-state index contributed by atoms with van der Waals surface area (Å²) in [5, 5.41) is 3.91. The lowest BCUT2D eigenvalue weighted by Crippen LogP contribution is -2.36. The second kappa shape index (κ2) is 7.53. The van der Waals surface area contributed by atoms with Gasteiger partial charge < -0.3 is 24.4 Å². The van der Waals surface area contributed by atoms with Crippen molar-refractivity contribution >= 4 is 38.3 Å². The molecule has 150 valence electrons. The Bertz CT molecular complexity index is 1060. The number of ether oxygens (including phenoxy) is 3. The molecule has 2 aliphatic heterocycles. The van der Waals surface area contributed by atoms with Gasteiger partial charge in [-0.15, -0.1) is 0 Å². The third-order valence-corrected chi connectivity index (χ3v) is 6.41. The molecule has 5 rings (SSSR count). The quantitative estimate of drug-likeness (QED) is 0.702. The number of anilines is 2. The minimum atomic E-state index is -0.179. The van der Waals surface area contributed by atoms with Gasteiger partial charge in [-0.1, -0.05) is 11.3 Å². The van der Waals surface area contributed by atoms with Gasteiger partial charge in [0.05, 0.1) is 16.3 Å². The van der Waals surface area contributed by atoms with Crippen LogP contribution in [0.25, 0.3) is 10.2 Å². The van der Waals surface area contributed by atoms with Crippen molar-refractivity contribution in [2.45, 2.75) is 18.9 Å². The summed E-state index contributed by atoms with van der Waals surface area (Å²) in [6.07, 6.45) is 2.36. The molecule has 1 aromatic heterocycles. The largest absolute Gasteiger partial charge is 0.454 e. The highest BCUT2D eigenvalue weighted by Gasteiger charge is 2.21. The molecule has 0 radical (unpaired) electrons. The normalized spacial score (nSPS) is 16.4.